The number of carbonyl (C=O) groups excluding carboxylic acids is 1. The zero-order valence-corrected chi connectivity index (χ0v) is 17.4. The molecule has 0 saturated carbocycles. The second kappa shape index (κ2) is 8.39. The molecule has 32 heavy (non-hydrogen) atoms. The zero-order chi connectivity index (χ0) is 22.1. The molecule has 162 valence electrons. The molecule has 1 saturated heterocycles. The fourth-order valence-corrected chi connectivity index (χ4v) is 3.94. The van der Waals surface area contributed by atoms with Crippen molar-refractivity contribution in [3.8, 4) is 16.9 Å². The molecule has 1 atom stereocenters. The fourth-order valence-electron chi connectivity index (χ4n) is 3.94. The molecule has 1 fully saturated rings. The number of imidazole rings is 1. The normalized spacial score (nSPS) is 16.3. The minimum Gasteiger partial charge on any atom is -0.497 e. The number of ether oxygens (including phenoxy) is 2. The van der Waals surface area contributed by atoms with Gasteiger partial charge in [0, 0.05) is 30.6 Å². The van der Waals surface area contributed by atoms with Gasteiger partial charge in [0.05, 0.1) is 37.8 Å². The van der Waals surface area contributed by atoms with Crippen LogP contribution in [-0.2, 0) is 4.74 Å². The maximum Gasteiger partial charge on any atom is 0.254 e. The highest BCUT2D eigenvalue weighted by atomic mass is 19.1. The third-order valence-electron chi connectivity index (χ3n) is 5.62. The van der Waals surface area contributed by atoms with Crippen LogP contribution in [0.25, 0.3) is 16.6 Å². The number of fused-ring (bicyclic) bond motifs is 1. The first-order chi connectivity index (χ1) is 15.6. The molecule has 5 rings (SSSR count). The molecule has 0 N–H and O–H groups in total. The number of hydrogen-bond acceptors (Lipinski definition) is 5. The van der Waals surface area contributed by atoms with Crippen molar-refractivity contribution in [1.29, 1.82) is 0 Å². The third kappa shape index (κ3) is 3.80. The molecule has 1 aliphatic heterocycles. The summed E-state index contributed by atoms with van der Waals surface area (Å²) in [4.78, 5) is 22.6. The molecule has 1 aromatic carbocycles. The number of aromatic nitrogens is 3. The Labute approximate surface area is 184 Å². The van der Waals surface area contributed by atoms with E-state index in [0.717, 1.165) is 34.2 Å². The monoisotopic (exact) mass is 432 g/mol. The lowest BCUT2D eigenvalue weighted by Gasteiger charge is -2.32. The van der Waals surface area contributed by atoms with Crippen molar-refractivity contribution in [1.82, 2.24) is 19.3 Å². The SMILES string of the molecule is COc1ccc(-c2ccc3c(C4CN(C(=O)c5ccnc(F)c5)CCO4)ncn3c2)cc1. The van der Waals surface area contributed by atoms with Crippen LogP contribution in [0.15, 0.2) is 67.3 Å². The number of morpholine rings is 1. The van der Waals surface area contributed by atoms with E-state index in [1.165, 1.54) is 12.3 Å². The molecule has 0 bridgehead atoms. The van der Waals surface area contributed by atoms with Crippen LogP contribution in [0.4, 0.5) is 4.39 Å². The number of benzene rings is 1. The average molecular weight is 432 g/mol. The van der Waals surface area contributed by atoms with Crippen LogP contribution in [0.3, 0.4) is 0 Å². The van der Waals surface area contributed by atoms with Gasteiger partial charge in [-0.3, -0.25) is 4.79 Å². The van der Waals surface area contributed by atoms with Crippen molar-refractivity contribution < 1.29 is 18.7 Å². The molecule has 1 aliphatic rings. The fraction of sp³-hybridized carbons (Fsp3) is 0.208. The molecule has 8 heteroatoms. The van der Waals surface area contributed by atoms with Gasteiger partial charge in [-0.05, 0) is 35.4 Å². The van der Waals surface area contributed by atoms with E-state index in [9.17, 15) is 9.18 Å². The van der Waals surface area contributed by atoms with Crippen LogP contribution in [0.5, 0.6) is 5.75 Å². The molecule has 0 radical (unpaired) electrons. The Balaban J connectivity index is 1.38. The van der Waals surface area contributed by atoms with Crippen molar-refractivity contribution in [3.63, 3.8) is 0 Å². The Bertz CT molecular complexity index is 1270. The minimum absolute atomic E-state index is 0.245. The second-order valence-corrected chi connectivity index (χ2v) is 7.55. The summed E-state index contributed by atoms with van der Waals surface area (Å²) in [6.45, 7) is 1.16. The Morgan fingerprint density at radius 2 is 1.94 bits per heavy atom. The van der Waals surface area contributed by atoms with Gasteiger partial charge < -0.3 is 18.8 Å². The van der Waals surface area contributed by atoms with E-state index < -0.39 is 5.95 Å². The quantitative estimate of drug-likeness (QED) is 0.460. The van der Waals surface area contributed by atoms with Crippen molar-refractivity contribution >= 4 is 11.4 Å². The molecular weight excluding hydrogens is 411 g/mol. The summed E-state index contributed by atoms with van der Waals surface area (Å²) in [5.74, 6) is -0.110. The Hall–Kier alpha value is -3.78. The summed E-state index contributed by atoms with van der Waals surface area (Å²) in [6.07, 6.45) is 4.69. The van der Waals surface area contributed by atoms with Crippen molar-refractivity contribution in [2.45, 2.75) is 6.10 Å². The van der Waals surface area contributed by atoms with Crippen LogP contribution in [0.1, 0.15) is 22.2 Å². The van der Waals surface area contributed by atoms with Gasteiger partial charge in [0.2, 0.25) is 5.95 Å². The number of pyridine rings is 2. The lowest BCUT2D eigenvalue weighted by atomic mass is 10.1. The predicted octanol–water partition coefficient (Wildman–Crippen LogP) is 3.76. The summed E-state index contributed by atoms with van der Waals surface area (Å²) in [6, 6.07) is 14.6. The third-order valence-corrected chi connectivity index (χ3v) is 5.62. The second-order valence-electron chi connectivity index (χ2n) is 7.55. The van der Waals surface area contributed by atoms with E-state index in [0.29, 0.717) is 19.7 Å². The van der Waals surface area contributed by atoms with Crippen LogP contribution in [0.2, 0.25) is 0 Å². The number of halogens is 1. The van der Waals surface area contributed by atoms with Gasteiger partial charge in [-0.25, -0.2) is 9.97 Å². The molecule has 1 unspecified atom stereocenters. The summed E-state index contributed by atoms with van der Waals surface area (Å²) >= 11 is 0. The highest BCUT2D eigenvalue weighted by Gasteiger charge is 2.29. The molecule has 0 spiro atoms. The van der Waals surface area contributed by atoms with Crippen molar-refractivity contribution in [2.24, 2.45) is 0 Å². The number of amides is 1. The highest BCUT2D eigenvalue weighted by Crippen LogP contribution is 2.28. The Morgan fingerprint density at radius 1 is 1.12 bits per heavy atom. The standard InChI is InChI=1S/C24H21FN4O3/c1-31-19-5-2-16(3-6-19)18-4-7-20-23(27-15-29(20)13-18)21-14-28(10-11-32-21)24(30)17-8-9-26-22(25)12-17/h2-9,12-13,15,21H,10-11,14H2,1H3. The summed E-state index contributed by atoms with van der Waals surface area (Å²) in [5, 5.41) is 0. The van der Waals surface area contributed by atoms with Crippen molar-refractivity contribution in [2.75, 3.05) is 26.8 Å². The van der Waals surface area contributed by atoms with E-state index in [2.05, 4.69) is 9.97 Å². The van der Waals surface area contributed by atoms with Gasteiger partial charge in [0.25, 0.3) is 5.91 Å². The molecule has 4 heterocycles. The molecule has 7 nitrogen and oxygen atoms in total. The van der Waals surface area contributed by atoms with E-state index in [1.807, 2.05) is 47.0 Å². The molecule has 1 amide bonds. The maximum atomic E-state index is 13.4. The number of hydrogen-bond donors (Lipinski definition) is 0. The van der Waals surface area contributed by atoms with Crippen LogP contribution in [-0.4, -0.2) is 52.0 Å². The lowest BCUT2D eigenvalue weighted by Crippen LogP contribution is -2.42. The zero-order valence-electron chi connectivity index (χ0n) is 17.4. The largest absolute Gasteiger partial charge is 0.497 e. The maximum absolute atomic E-state index is 13.4. The van der Waals surface area contributed by atoms with Gasteiger partial charge in [-0.1, -0.05) is 18.2 Å². The topological polar surface area (TPSA) is 69.0 Å². The first kappa shape index (κ1) is 20.1. The predicted molar refractivity (Wildman–Crippen MR) is 116 cm³/mol. The molecule has 0 aliphatic carbocycles. The number of methoxy groups -OCH3 is 1. The number of nitrogens with zero attached hydrogens (tertiary/aromatic N) is 4. The lowest BCUT2D eigenvalue weighted by molar-refractivity contribution is -0.0239. The van der Waals surface area contributed by atoms with Gasteiger partial charge in [0.15, 0.2) is 0 Å². The van der Waals surface area contributed by atoms with Gasteiger partial charge in [-0.2, -0.15) is 4.39 Å². The highest BCUT2D eigenvalue weighted by molar-refractivity contribution is 5.94. The summed E-state index contributed by atoms with van der Waals surface area (Å²) < 4.78 is 26.6. The first-order valence-corrected chi connectivity index (χ1v) is 10.3. The first-order valence-electron chi connectivity index (χ1n) is 10.3. The van der Waals surface area contributed by atoms with Gasteiger partial charge >= 0.3 is 0 Å². The summed E-state index contributed by atoms with van der Waals surface area (Å²) in [5.41, 5.74) is 4.07. The smallest absolute Gasteiger partial charge is 0.254 e. The van der Waals surface area contributed by atoms with Gasteiger partial charge in [-0.15, -0.1) is 0 Å². The number of rotatable bonds is 4. The van der Waals surface area contributed by atoms with E-state index in [1.54, 1.807) is 18.3 Å². The van der Waals surface area contributed by atoms with E-state index >= 15 is 0 Å². The molecule has 4 aromatic rings. The summed E-state index contributed by atoms with van der Waals surface area (Å²) in [7, 11) is 1.64. The van der Waals surface area contributed by atoms with E-state index in [-0.39, 0.29) is 17.6 Å². The molecule has 3 aromatic heterocycles. The molecular formula is C24H21FN4O3. The Kier molecular flexibility index (Phi) is 5.28. The van der Waals surface area contributed by atoms with Gasteiger partial charge in [0.1, 0.15) is 11.9 Å². The Morgan fingerprint density at radius 3 is 2.72 bits per heavy atom. The van der Waals surface area contributed by atoms with Crippen LogP contribution in [0, 0.1) is 5.95 Å². The van der Waals surface area contributed by atoms with Crippen LogP contribution < -0.4 is 4.74 Å². The minimum atomic E-state index is -0.673. The average Bonchev–Trinajstić information content (AvgIpc) is 3.27. The van der Waals surface area contributed by atoms with Crippen LogP contribution >= 0.6 is 0 Å². The van der Waals surface area contributed by atoms with E-state index in [4.69, 9.17) is 9.47 Å². The van der Waals surface area contributed by atoms with Crippen molar-refractivity contribution in [3.05, 3.63) is 84.5 Å². The number of carbonyl (C=O) groups is 1.